The predicted molar refractivity (Wildman–Crippen MR) is 99.3 cm³/mol. The summed E-state index contributed by atoms with van der Waals surface area (Å²) in [5, 5.41) is 15.5. The standard InChI is InChI=1S/C19H25N5O2/c25-19(26)20-7-2-4-14-10-16(11-14)24-13-15(12-21-24)17-5-1-6-18(22-17)23-8-3-9-23/h1,5-6,12-14,16,20H,2-4,7-11H2,(H,25,26). The monoisotopic (exact) mass is 355 g/mol. The maximum absolute atomic E-state index is 10.4. The molecule has 0 unspecified atom stereocenters. The molecule has 26 heavy (non-hydrogen) atoms. The van der Waals surface area contributed by atoms with Crippen LogP contribution in [0.25, 0.3) is 11.3 Å². The van der Waals surface area contributed by atoms with E-state index in [0.29, 0.717) is 18.5 Å². The zero-order valence-corrected chi connectivity index (χ0v) is 14.8. The molecule has 7 nitrogen and oxygen atoms in total. The maximum Gasteiger partial charge on any atom is 0.404 e. The first-order valence-electron chi connectivity index (χ1n) is 9.42. The van der Waals surface area contributed by atoms with Crippen molar-refractivity contribution in [2.24, 2.45) is 5.92 Å². The normalized spacial score (nSPS) is 21.8. The van der Waals surface area contributed by atoms with Crippen LogP contribution in [0.2, 0.25) is 0 Å². The topological polar surface area (TPSA) is 83.3 Å². The molecule has 0 bridgehead atoms. The minimum atomic E-state index is -0.938. The van der Waals surface area contributed by atoms with Gasteiger partial charge in [-0.05, 0) is 50.2 Å². The van der Waals surface area contributed by atoms with Gasteiger partial charge < -0.3 is 15.3 Å². The molecule has 1 aliphatic heterocycles. The fourth-order valence-electron chi connectivity index (χ4n) is 3.71. The number of carboxylic acid groups (broad SMARTS) is 1. The van der Waals surface area contributed by atoms with E-state index in [-0.39, 0.29) is 0 Å². The Balaban J connectivity index is 1.30. The number of hydrogen-bond donors (Lipinski definition) is 2. The highest BCUT2D eigenvalue weighted by Gasteiger charge is 2.30. The Kier molecular flexibility index (Phi) is 4.77. The quantitative estimate of drug-likeness (QED) is 0.746. The third kappa shape index (κ3) is 3.66. The lowest BCUT2D eigenvalue weighted by Gasteiger charge is -2.35. The Hall–Kier alpha value is -2.57. The van der Waals surface area contributed by atoms with Gasteiger partial charge >= 0.3 is 6.09 Å². The number of nitrogens with zero attached hydrogens (tertiary/aromatic N) is 4. The summed E-state index contributed by atoms with van der Waals surface area (Å²) in [4.78, 5) is 17.5. The molecule has 1 saturated carbocycles. The summed E-state index contributed by atoms with van der Waals surface area (Å²) in [6, 6.07) is 6.64. The van der Waals surface area contributed by atoms with E-state index in [1.807, 2.05) is 12.3 Å². The molecule has 138 valence electrons. The molecule has 1 aliphatic carbocycles. The smallest absolute Gasteiger partial charge is 0.404 e. The van der Waals surface area contributed by atoms with Gasteiger partial charge in [0.15, 0.2) is 0 Å². The predicted octanol–water partition coefficient (Wildman–Crippen LogP) is 3.15. The van der Waals surface area contributed by atoms with E-state index in [9.17, 15) is 4.79 Å². The van der Waals surface area contributed by atoms with Gasteiger partial charge in [-0.2, -0.15) is 5.10 Å². The molecule has 4 rings (SSSR count). The molecule has 3 heterocycles. The van der Waals surface area contributed by atoms with Crippen molar-refractivity contribution in [2.45, 2.75) is 38.1 Å². The van der Waals surface area contributed by atoms with Crippen LogP contribution in [0.15, 0.2) is 30.6 Å². The molecular formula is C19H25N5O2. The van der Waals surface area contributed by atoms with Crippen LogP contribution in [0.1, 0.15) is 38.1 Å². The van der Waals surface area contributed by atoms with Crippen LogP contribution in [-0.4, -0.2) is 45.6 Å². The summed E-state index contributed by atoms with van der Waals surface area (Å²) in [7, 11) is 0. The summed E-state index contributed by atoms with van der Waals surface area (Å²) in [5.74, 6) is 1.73. The summed E-state index contributed by atoms with van der Waals surface area (Å²) in [5.41, 5.74) is 2.05. The molecule has 0 radical (unpaired) electrons. The lowest BCUT2D eigenvalue weighted by Crippen LogP contribution is -2.37. The van der Waals surface area contributed by atoms with E-state index in [4.69, 9.17) is 10.1 Å². The number of amides is 1. The number of hydrogen-bond acceptors (Lipinski definition) is 4. The highest BCUT2D eigenvalue weighted by Crippen LogP contribution is 2.40. The van der Waals surface area contributed by atoms with Crippen LogP contribution in [0, 0.1) is 5.92 Å². The van der Waals surface area contributed by atoms with Crippen LogP contribution in [0.5, 0.6) is 0 Å². The number of rotatable bonds is 7. The second-order valence-corrected chi connectivity index (χ2v) is 7.30. The molecule has 0 atom stereocenters. The Labute approximate surface area is 153 Å². The van der Waals surface area contributed by atoms with Crippen LogP contribution in [-0.2, 0) is 0 Å². The van der Waals surface area contributed by atoms with Crippen molar-refractivity contribution in [3.8, 4) is 11.3 Å². The van der Waals surface area contributed by atoms with E-state index >= 15 is 0 Å². The molecule has 2 aliphatic rings. The van der Waals surface area contributed by atoms with Crippen molar-refractivity contribution < 1.29 is 9.90 Å². The van der Waals surface area contributed by atoms with Crippen LogP contribution < -0.4 is 10.2 Å². The molecule has 1 amide bonds. The summed E-state index contributed by atoms with van der Waals surface area (Å²) in [6.45, 7) is 2.74. The molecule has 7 heteroatoms. The SMILES string of the molecule is O=C(O)NCCCC1CC(n2cc(-c3cccc(N4CCC4)n3)cn2)C1. The molecule has 2 aromatic rings. The van der Waals surface area contributed by atoms with E-state index in [2.05, 4.69) is 38.3 Å². The zero-order valence-electron chi connectivity index (χ0n) is 14.8. The van der Waals surface area contributed by atoms with E-state index < -0.39 is 6.09 Å². The van der Waals surface area contributed by atoms with E-state index in [0.717, 1.165) is 55.8 Å². The number of anilines is 1. The van der Waals surface area contributed by atoms with Crippen molar-refractivity contribution in [1.82, 2.24) is 20.1 Å². The van der Waals surface area contributed by atoms with Gasteiger partial charge in [0.2, 0.25) is 0 Å². The molecule has 0 aromatic carbocycles. The molecule has 0 spiro atoms. The van der Waals surface area contributed by atoms with Crippen molar-refractivity contribution in [2.75, 3.05) is 24.5 Å². The highest BCUT2D eigenvalue weighted by molar-refractivity contribution is 5.64. The van der Waals surface area contributed by atoms with Crippen LogP contribution in [0.4, 0.5) is 10.6 Å². The first-order valence-corrected chi connectivity index (χ1v) is 9.42. The van der Waals surface area contributed by atoms with Crippen molar-refractivity contribution in [1.29, 1.82) is 0 Å². The first kappa shape index (κ1) is 16.9. The molecule has 1 saturated heterocycles. The Morgan fingerprint density at radius 2 is 2.15 bits per heavy atom. The third-order valence-corrected chi connectivity index (χ3v) is 5.46. The zero-order chi connectivity index (χ0) is 17.9. The van der Waals surface area contributed by atoms with Crippen LogP contribution in [0.3, 0.4) is 0 Å². The van der Waals surface area contributed by atoms with Gasteiger partial charge in [-0.1, -0.05) is 6.07 Å². The van der Waals surface area contributed by atoms with Gasteiger partial charge in [-0.25, -0.2) is 9.78 Å². The maximum atomic E-state index is 10.4. The molecule has 2 aromatic heterocycles. The third-order valence-electron chi connectivity index (χ3n) is 5.46. The Morgan fingerprint density at radius 3 is 2.88 bits per heavy atom. The Bertz CT molecular complexity index is 765. The van der Waals surface area contributed by atoms with Gasteiger partial charge in [0.1, 0.15) is 5.82 Å². The number of pyridine rings is 1. The van der Waals surface area contributed by atoms with Gasteiger partial charge in [0.25, 0.3) is 0 Å². The van der Waals surface area contributed by atoms with E-state index in [1.165, 1.54) is 6.42 Å². The van der Waals surface area contributed by atoms with Gasteiger partial charge in [0.05, 0.1) is 17.9 Å². The average Bonchev–Trinajstić information content (AvgIpc) is 3.01. The lowest BCUT2D eigenvalue weighted by molar-refractivity contribution is 0.168. The Morgan fingerprint density at radius 1 is 1.31 bits per heavy atom. The van der Waals surface area contributed by atoms with Crippen molar-refractivity contribution in [3.05, 3.63) is 30.6 Å². The average molecular weight is 355 g/mol. The van der Waals surface area contributed by atoms with Gasteiger partial charge in [-0.3, -0.25) is 4.68 Å². The molecule has 2 fully saturated rings. The number of carbonyl (C=O) groups is 1. The fraction of sp³-hybridized carbons (Fsp3) is 0.526. The van der Waals surface area contributed by atoms with E-state index in [1.54, 1.807) is 0 Å². The first-order chi connectivity index (χ1) is 12.7. The summed E-state index contributed by atoms with van der Waals surface area (Å²) >= 11 is 0. The molecule has 2 N–H and O–H groups in total. The van der Waals surface area contributed by atoms with Crippen LogP contribution >= 0.6 is 0 Å². The summed E-state index contributed by atoms with van der Waals surface area (Å²) in [6.07, 6.45) is 8.55. The summed E-state index contributed by atoms with van der Waals surface area (Å²) < 4.78 is 2.07. The second kappa shape index (κ2) is 7.35. The number of nitrogens with one attached hydrogen (secondary N) is 1. The van der Waals surface area contributed by atoms with Crippen molar-refractivity contribution in [3.63, 3.8) is 0 Å². The minimum absolute atomic E-state index is 0.458. The van der Waals surface area contributed by atoms with Gasteiger partial charge in [0, 0.05) is 31.4 Å². The highest BCUT2D eigenvalue weighted by atomic mass is 16.4. The minimum Gasteiger partial charge on any atom is -0.465 e. The van der Waals surface area contributed by atoms with Crippen molar-refractivity contribution >= 4 is 11.9 Å². The van der Waals surface area contributed by atoms with Gasteiger partial charge in [-0.15, -0.1) is 0 Å². The lowest BCUT2D eigenvalue weighted by atomic mass is 9.77. The fourth-order valence-corrected chi connectivity index (χ4v) is 3.71. The molecular weight excluding hydrogens is 330 g/mol. The second-order valence-electron chi connectivity index (χ2n) is 7.30. The largest absolute Gasteiger partial charge is 0.465 e. The number of aromatic nitrogens is 3.